The predicted octanol–water partition coefficient (Wildman–Crippen LogP) is 1.08. The smallest absolute Gasteiger partial charge is 0.237 e. The van der Waals surface area contributed by atoms with Gasteiger partial charge in [-0.15, -0.1) is 0 Å². The second-order valence-electron chi connectivity index (χ2n) is 4.92. The number of hydrogen-bond acceptors (Lipinski definition) is 3. The average molecular weight is 283 g/mol. The van der Waals surface area contributed by atoms with Crippen molar-refractivity contribution in [2.45, 2.75) is 19.0 Å². The van der Waals surface area contributed by atoms with Crippen molar-refractivity contribution in [2.75, 3.05) is 0 Å². The number of nitrogens with one attached hydrogen (secondary N) is 3. The normalized spacial score (nSPS) is 12.4. The number of carbonyl (C=O) groups excluding carboxylic acids is 1. The molecule has 0 radical (unpaired) electrons. The van der Waals surface area contributed by atoms with Crippen LogP contribution in [0.1, 0.15) is 11.4 Å². The number of fused-ring (bicyclic) bond motifs is 1. The van der Waals surface area contributed by atoms with Gasteiger partial charge in [0.2, 0.25) is 5.91 Å². The van der Waals surface area contributed by atoms with E-state index in [-0.39, 0.29) is 5.91 Å². The van der Waals surface area contributed by atoms with Crippen molar-refractivity contribution < 1.29 is 4.79 Å². The lowest BCUT2D eigenvalue weighted by Gasteiger charge is -2.11. The molecule has 0 spiro atoms. The van der Waals surface area contributed by atoms with Crippen molar-refractivity contribution >= 4 is 16.8 Å². The van der Waals surface area contributed by atoms with Gasteiger partial charge in [-0.2, -0.15) is 0 Å². The Hall–Kier alpha value is -2.60. The van der Waals surface area contributed by atoms with Gasteiger partial charge in [-0.05, 0) is 18.1 Å². The van der Waals surface area contributed by atoms with Crippen molar-refractivity contribution in [3.63, 3.8) is 0 Å². The standard InChI is InChI=1S/C15H17N5O/c16-12(15(21)20-9-14-17-5-6-18-14)7-10-8-19-13-4-2-1-3-11(10)13/h1-6,8,12,19H,7,9,16H2,(H,17,18)(H,20,21). The maximum absolute atomic E-state index is 12.0. The number of nitrogens with two attached hydrogens (primary N) is 1. The molecule has 1 amide bonds. The number of amides is 1. The highest BCUT2D eigenvalue weighted by molar-refractivity contribution is 5.86. The summed E-state index contributed by atoms with van der Waals surface area (Å²) in [6.07, 6.45) is 5.76. The van der Waals surface area contributed by atoms with Crippen molar-refractivity contribution in [2.24, 2.45) is 5.73 Å². The number of aromatic nitrogens is 3. The lowest BCUT2D eigenvalue weighted by Crippen LogP contribution is -2.41. The number of nitrogens with zero attached hydrogens (tertiary/aromatic N) is 1. The molecule has 1 aromatic carbocycles. The molecule has 5 N–H and O–H groups in total. The topological polar surface area (TPSA) is 99.6 Å². The van der Waals surface area contributed by atoms with Crippen molar-refractivity contribution in [3.8, 4) is 0 Å². The Morgan fingerprint density at radius 1 is 1.33 bits per heavy atom. The molecular formula is C15H17N5O. The summed E-state index contributed by atoms with van der Waals surface area (Å²) in [5, 5.41) is 3.88. The summed E-state index contributed by atoms with van der Waals surface area (Å²) >= 11 is 0. The van der Waals surface area contributed by atoms with E-state index in [1.807, 2.05) is 30.5 Å². The fourth-order valence-corrected chi connectivity index (χ4v) is 2.33. The number of benzene rings is 1. The summed E-state index contributed by atoms with van der Waals surface area (Å²) in [6.45, 7) is 0.355. The minimum atomic E-state index is -0.584. The SMILES string of the molecule is NC(Cc1c[nH]c2ccccc12)C(=O)NCc1ncc[nH]1. The van der Waals surface area contributed by atoms with Crippen LogP contribution in [0.25, 0.3) is 10.9 Å². The molecule has 0 saturated carbocycles. The van der Waals surface area contributed by atoms with E-state index in [0.29, 0.717) is 18.8 Å². The summed E-state index contributed by atoms with van der Waals surface area (Å²) in [4.78, 5) is 22.2. The van der Waals surface area contributed by atoms with Gasteiger partial charge >= 0.3 is 0 Å². The van der Waals surface area contributed by atoms with E-state index < -0.39 is 6.04 Å². The zero-order chi connectivity index (χ0) is 14.7. The van der Waals surface area contributed by atoms with Crippen molar-refractivity contribution in [3.05, 3.63) is 54.2 Å². The monoisotopic (exact) mass is 283 g/mol. The summed E-state index contributed by atoms with van der Waals surface area (Å²) in [7, 11) is 0. The first kappa shape index (κ1) is 13.4. The second kappa shape index (κ2) is 5.80. The minimum absolute atomic E-state index is 0.184. The lowest BCUT2D eigenvalue weighted by atomic mass is 10.1. The molecule has 2 aromatic heterocycles. The van der Waals surface area contributed by atoms with Crippen LogP contribution in [0.15, 0.2) is 42.9 Å². The molecule has 0 fully saturated rings. The van der Waals surface area contributed by atoms with Crippen LogP contribution in [-0.4, -0.2) is 26.9 Å². The molecular weight excluding hydrogens is 266 g/mol. The molecule has 6 nitrogen and oxygen atoms in total. The molecule has 2 heterocycles. The van der Waals surface area contributed by atoms with Gasteiger partial charge in [0.1, 0.15) is 5.82 Å². The largest absolute Gasteiger partial charge is 0.361 e. The number of H-pyrrole nitrogens is 2. The van der Waals surface area contributed by atoms with Crippen LogP contribution in [0.2, 0.25) is 0 Å². The fourth-order valence-electron chi connectivity index (χ4n) is 2.33. The summed E-state index contributed by atoms with van der Waals surface area (Å²) in [5.41, 5.74) is 8.08. The Morgan fingerprint density at radius 2 is 2.19 bits per heavy atom. The Balaban J connectivity index is 1.62. The Morgan fingerprint density at radius 3 is 3.00 bits per heavy atom. The van der Waals surface area contributed by atoms with Crippen molar-refractivity contribution in [1.82, 2.24) is 20.3 Å². The van der Waals surface area contributed by atoms with Crippen molar-refractivity contribution in [1.29, 1.82) is 0 Å². The molecule has 1 atom stereocenters. The quantitative estimate of drug-likeness (QED) is 0.563. The zero-order valence-corrected chi connectivity index (χ0v) is 11.5. The second-order valence-corrected chi connectivity index (χ2v) is 4.92. The third-order valence-electron chi connectivity index (χ3n) is 3.44. The van der Waals surface area contributed by atoms with Gasteiger partial charge < -0.3 is 21.0 Å². The Bertz CT molecular complexity index is 731. The van der Waals surface area contributed by atoms with E-state index in [9.17, 15) is 4.79 Å². The maximum atomic E-state index is 12.0. The zero-order valence-electron chi connectivity index (χ0n) is 11.5. The molecule has 108 valence electrons. The van der Waals surface area contributed by atoms with E-state index >= 15 is 0 Å². The van der Waals surface area contributed by atoms with E-state index in [4.69, 9.17) is 5.73 Å². The molecule has 6 heteroatoms. The number of imidazole rings is 1. The van der Waals surface area contributed by atoms with Gasteiger partial charge in [0.25, 0.3) is 0 Å². The first-order valence-corrected chi connectivity index (χ1v) is 6.80. The Labute approximate surface area is 121 Å². The minimum Gasteiger partial charge on any atom is -0.361 e. The third kappa shape index (κ3) is 2.95. The van der Waals surface area contributed by atoms with Gasteiger partial charge in [0.15, 0.2) is 0 Å². The van der Waals surface area contributed by atoms with E-state index in [1.165, 1.54) is 0 Å². The van der Waals surface area contributed by atoms with Gasteiger partial charge in [0.05, 0.1) is 12.6 Å². The molecule has 0 saturated heterocycles. The molecule has 21 heavy (non-hydrogen) atoms. The van der Waals surface area contributed by atoms with Crippen LogP contribution in [0.3, 0.4) is 0 Å². The molecule has 0 bridgehead atoms. The first-order chi connectivity index (χ1) is 10.2. The highest BCUT2D eigenvalue weighted by Gasteiger charge is 2.16. The Kier molecular flexibility index (Phi) is 3.70. The van der Waals surface area contributed by atoms with E-state index in [1.54, 1.807) is 12.4 Å². The van der Waals surface area contributed by atoms with Crippen LogP contribution in [0.5, 0.6) is 0 Å². The third-order valence-corrected chi connectivity index (χ3v) is 3.44. The van der Waals surface area contributed by atoms with Crippen LogP contribution in [0, 0.1) is 0 Å². The number of carbonyl (C=O) groups is 1. The van der Waals surface area contributed by atoms with Crippen LogP contribution >= 0.6 is 0 Å². The summed E-state index contributed by atoms with van der Waals surface area (Å²) < 4.78 is 0. The van der Waals surface area contributed by atoms with Crippen LogP contribution in [0.4, 0.5) is 0 Å². The number of hydrogen-bond donors (Lipinski definition) is 4. The maximum Gasteiger partial charge on any atom is 0.237 e. The number of rotatable bonds is 5. The van der Waals surface area contributed by atoms with Gasteiger partial charge in [0, 0.05) is 29.5 Å². The first-order valence-electron chi connectivity index (χ1n) is 6.80. The molecule has 0 aliphatic carbocycles. The summed E-state index contributed by atoms with van der Waals surface area (Å²) in [5.74, 6) is 0.527. The van der Waals surface area contributed by atoms with Gasteiger partial charge in [-0.1, -0.05) is 18.2 Å². The molecule has 3 aromatic rings. The molecule has 1 unspecified atom stereocenters. The van der Waals surface area contributed by atoms with Gasteiger partial charge in [-0.25, -0.2) is 4.98 Å². The molecule has 3 rings (SSSR count). The predicted molar refractivity (Wildman–Crippen MR) is 80.4 cm³/mol. The van der Waals surface area contributed by atoms with E-state index in [2.05, 4.69) is 20.3 Å². The number of para-hydroxylation sites is 1. The van der Waals surface area contributed by atoms with Crippen LogP contribution < -0.4 is 11.1 Å². The highest BCUT2D eigenvalue weighted by atomic mass is 16.2. The average Bonchev–Trinajstić information content (AvgIpc) is 3.15. The number of aromatic amines is 2. The highest BCUT2D eigenvalue weighted by Crippen LogP contribution is 2.18. The van der Waals surface area contributed by atoms with Crippen LogP contribution in [-0.2, 0) is 17.8 Å². The summed E-state index contributed by atoms with van der Waals surface area (Å²) in [6, 6.07) is 7.38. The van der Waals surface area contributed by atoms with Gasteiger partial charge in [-0.3, -0.25) is 4.79 Å². The lowest BCUT2D eigenvalue weighted by molar-refractivity contribution is -0.122. The molecule has 0 aliphatic rings. The molecule has 0 aliphatic heterocycles. The fraction of sp³-hybridized carbons (Fsp3) is 0.200. The van der Waals surface area contributed by atoms with E-state index in [0.717, 1.165) is 16.5 Å².